The number of nitrogens with one attached hydrogen (secondary N) is 1. The topological polar surface area (TPSA) is 58.6 Å². The van der Waals surface area contributed by atoms with Crippen LogP contribution in [0.3, 0.4) is 0 Å². The second-order valence-electron chi connectivity index (χ2n) is 6.47. The summed E-state index contributed by atoms with van der Waals surface area (Å²) in [5.41, 5.74) is 2.18. The molecule has 0 saturated heterocycles. The molecule has 0 spiro atoms. The van der Waals surface area contributed by atoms with Crippen LogP contribution in [0.25, 0.3) is 5.57 Å². The van der Waals surface area contributed by atoms with E-state index in [9.17, 15) is 9.90 Å². The molecule has 2 rings (SSSR count). The number of rotatable bonds is 5. The minimum atomic E-state index is -0.349. The maximum absolute atomic E-state index is 12.3. The second-order valence-corrected chi connectivity index (χ2v) is 7.33. The van der Waals surface area contributed by atoms with Crippen LogP contribution in [0, 0.1) is 5.92 Å². The summed E-state index contributed by atoms with van der Waals surface area (Å²) in [5.74, 6) is 0.152. The number of carbonyl (C=O) groups excluding carboxylic acids is 1. The molecule has 1 aromatic rings. The molecule has 0 aliphatic heterocycles. The van der Waals surface area contributed by atoms with Gasteiger partial charge in [0.05, 0.1) is 18.8 Å². The summed E-state index contributed by atoms with van der Waals surface area (Å²) in [6.45, 7) is 4.06. The van der Waals surface area contributed by atoms with Crippen molar-refractivity contribution in [1.29, 1.82) is 0 Å². The molecule has 5 heteroatoms. The average Bonchev–Trinajstić information content (AvgIpc) is 2.57. The molecule has 1 atom stereocenters. The standard InChI is InChI=1S/C19H26BrNO3/c1-12(14-8-10-15(22)11-9-14)21-13(2)18(19(23)24-3)16-6-4-5-7-17(16)20/h4-7,12,14-15,21-22H,8-11H2,1-3H3/b18-13+/t12-,14?,15?/m1/s1. The van der Waals surface area contributed by atoms with Crippen molar-refractivity contribution in [1.82, 2.24) is 5.32 Å². The molecule has 1 aliphatic carbocycles. The predicted molar refractivity (Wildman–Crippen MR) is 99.3 cm³/mol. The first-order valence-electron chi connectivity index (χ1n) is 8.42. The lowest BCUT2D eigenvalue weighted by molar-refractivity contribution is -0.133. The van der Waals surface area contributed by atoms with Gasteiger partial charge >= 0.3 is 5.97 Å². The molecule has 132 valence electrons. The van der Waals surface area contributed by atoms with Gasteiger partial charge in [0.1, 0.15) is 0 Å². The van der Waals surface area contributed by atoms with Gasteiger partial charge in [-0.2, -0.15) is 0 Å². The zero-order valence-corrected chi connectivity index (χ0v) is 16.1. The van der Waals surface area contributed by atoms with Crippen LogP contribution in [0.4, 0.5) is 0 Å². The number of allylic oxidation sites excluding steroid dienone is 1. The highest BCUT2D eigenvalue weighted by Crippen LogP contribution is 2.30. The van der Waals surface area contributed by atoms with Crippen LogP contribution in [0.15, 0.2) is 34.4 Å². The van der Waals surface area contributed by atoms with E-state index in [-0.39, 0.29) is 18.1 Å². The van der Waals surface area contributed by atoms with Gasteiger partial charge in [-0.05, 0) is 51.5 Å². The average molecular weight is 396 g/mol. The number of benzene rings is 1. The maximum atomic E-state index is 12.3. The van der Waals surface area contributed by atoms with E-state index in [0.29, 0.717) is 11.5 Å². The van der Waals surface area contributed by atoms with Crippen molar-refractivity contribution in [2.24, 2.45) is 5.92 Å². The van der Waals surface area contributed by atoms with Gasteiger partial charge in [0.15, 0.2) is 0 Å². The normalized spacial score (nSPS) is 23.2. The fraction of sp³-hybridized carbons (Fsp3) is 0.526. The van der Waals surface area contributed by atoms with Gasteiger partial charge in [0.2, 0.25) is 0 Å². The molecule has 1 aromatic carbocycles. The molecule has 24 heavy (non-hydrogen) atoms. The molecule has 0 heterocycles. The Labute approximate surface area is 152 Å². The van der Waals surface area contributed by atoms with E-state index in [0.717, 1.165) is 41.4 Å². The number of esters is 1. The Morgan fingerprint density at radius 2 is 1.92 bits per heavy atom. The van der Waals surface area contributed by atoms with Crippen molar-refractivity contribution in [2.45, 2.75) is 51.7 Å². The summed E-state index contributed by atoms with van der Waals surface area (Å²) in [6.07, 6.45) is 3.56. The van der Waals surface area contributed by atoms with E-state index in [1.165, 1.54) is 7.11 Å². The van der Waals surface area contributed by atoms with Gasteiger partial charge in [-0.3, -0.25) is 0 Å². The number of hydrogen-bond acceptors (Lipinski definition) is 4. The van der Waals surface area contributed by atoms with Crippen LogP contribution in [-0.4, -0.2) is 30.3 Å². The summed E-state index contributed by atoms with van der Waals surface area (Å²) in [4.78, 5) is 12.3. The molecule has 0 unspecified atom stereocenters. The van der Waals surface area contributed by atoms with Gasteiger partial charge in [-0.25, -0.2) is 4.79 Å². The fourth-order valence-electron chi connectivity index (χ4n) is 3.36. The summed E-state index contributed by atoms with van der Waals surface area (Å²) in [6, 6.07) is 7.88. The fourth-order valence-corrected chi connectivity index (χ4v) is 3.85. The molecule has 0 aromatic heterocycles. The van der Waals surface area contributed by atoms with Gasteiger partial charge in [-0.15, -0.1) is 0 Å². The summed E-state index contributed by atoms with van der Waals surface area (Å²) >= 11 is 3.51. The van der Waals surface area contributed by atoms with Gasteiger partial charge in [0, 0.05) is 21.8 Å². The SMILES string of the molecule is COC(=O)/C(=C(\C)N[C@H](C)C1CCC(O)CC1)c1ccccc1Br. The Kier molecular flexibility index (Phi) is 6.87. The van der Waals surface area contributed by atoms with Crippen molar-refractivity contribution in [3.8, 4) is 0 Å². The predicted octanol–water partition coefficient (Wildman–Crippen LogP) is 3.88. The molecule has 1 aliphatic rings. The van der Waals surface area contributed by atoms with Crippen LogP contribution in [0.1, 0.15) is 45.1 Å². The van der Waals surface area contributed by atoms with Crippen molar-refractivity contribution < 1.29 is 14.6 Å². The van der Waals surface area contributed by atoms with Crippen LogP contribution >= 0.6 is 15.9 Å². The smallest absolute Gasteiger partial charge is 0.340 e. The van der Waals surface area contributed by atoms with E-state index < -0.39 is 0 Å². The Morgan fingerprint density at radius 3 is 2.50 bits per heavy atom. The highest BCUT2D eigenvalue weighted by atomic mass is 79.9. The number of halogens is 1. The lowest BCUT2D eigenvalue weighted by Crippen LogP contribution is -2.36. The summed E-state index contributed by atoms with van der Waals surface area (Å²) in [5, 5.41) is 13.1. The largest absolute Gasteiger partial charge is 0.465 e. The van der Waals surface area contributed by atoms with Crippen LogP contribution < -0.4 is 5.32 Å². The monoisotopic (exact) mass is 395 g/mol. The zero-order chi connectivity index (χ0) is 17.7. The highest BCUT2D eigenvalue weighted by molar-refractivity contribution is 9.10. The Hall–Kier alpha value is -1.33. The van der Waals surface area contributed by atoms with E-state index in [2.05, 4.69) is 28.2 Å². The first kappa shape index (κ1) is 19.0. The lowest BCUT2D eigenvalue weighted by Gasteiger charge is -2.31. The summed E-state index contributed by atoms with van der Waals surface area (Å²) in [7, 11) is 1.40. The lowest BCUT2D eigenvalue weighted by atomic mass is 9.83. The third-order valence-electron chi connectivity index (χ3n) is 4.80. The molecule has 1 saturated carbocycles. The second kappa shape index (κ2) is 8.67. The molecule has 4 nitrogen and oxygen atoms in total. The quantitative estimate of drug-likeness (QED) is 0.586. The van der Waals surface area contributed by atoms with E-state index in [4.69, 9.17) is 4.74 Å². The Bertz CT molecular complexity index is 606. The molecule has 0 bridgehead atoms. The van der Waals surface area contributed by atoms with Gasteiger partial charge in [-0.1, -0.05) is 34.1 Å². The van der Waals surface area contributed by atoms with Crippen molar-refractivity contribution in [2.75, 3.05) is 7.11 Å². The third-order valence-corrected chi connectivity index (χ3v) is 5.49. The third kappa shape index (κ3) is 4.61. The molecule has 0 amide bonds. The number of ether oxygens (including phenoxy) is 1. The van der Waals surface area contributed by atoms with Gasteiger partial charge in [0.25, 0.3) is 0 Å². The highest BCUT2D eigenvalue weighted by Gasteiger charge is 2.25. The van der Waals surface area contributed by atoms with Gasteiger partial charge < -0.3 is 15.2 Å². The molecule has 1 fully saturated rings. The van der Waals surface area contributed by atoms with E-state index in [1.54, 1.807) is 0 Å². The molecular formula is C19H26BrNO3. The van der Waals surface area contributed by atoms with Crippen LogP contribution in [0.2, 0.25) is 0 Å². The van der Waals surface area contributed by atoms with Crippen LogP contribution in [0.5, 0.6) is 0 Å². The first-order valence-corrected chi connectivity index (χ1v) is 9.22. The maximum Gasteiger partial charge on any atom is 0.340 e. The Morgan fingerprint density at radius 1 is 1.29 bits per heavy atom. The van der Waals surface area contributed by atoms with Crippen molar-refractivity contribution in [3.05, 3.63) is 40.0 Å². The number of aliphatic hydroxyl groups excluding tert-OH is 1. The molecular weight excluding hydrogens is 370 g/mol. The van der Waals surface area contributed by atoms with Crippen molar-refractivity contribution in [3.63, 3.8) is 0 Å². The Balaban J connectivity index is 2.23. The summed E-state index contributed by atoms with van der Waals surface area (Å²) < 4.78 is 5.85. The van der Waals surface area contributed by atoms with E-state index >= 15 is 0 Å². The number of hydrogen-bond donors (Lipinski definition) is 2. The molecule has 2 N–H and O–H groups in total. The minimum absolute atomic E-state index is 0.156. The zero-order valence-electron chi connectivity index (χ0n) is 14.5. The minimum Gasteiger partial charge on any atom is -0.465 e. The van der Waals surface area contributed by atoms with E-state index in [1.807, 2.05) is 31.2 Å². The first-order chi connectivity index (χ1) is 11.4. The van der Waals surface area contributed by atoms with Crippen molar-refractivity contribution >= 4 is 27.5 Å². The van der Waals surface area contributed by atoms with Crippen LogP contribution in [-0.2, 0) is 9.53 Å². The molecule has 0 radical (unpaired) electrons. The number of methoxy groups -OCH3 is 1. The number of aliphatic hydroxyl groups is 1. The number of carbonyl (C=O) groups is 1.